The Kier molecular flexibility index (Phi) is 6.74. The van der Waals surface area contributed by atoms with E-state index in [1.165, 1.54) is 12.1 Å². The first-order valence-corrected chi connectivity index (χ1v) is 8.18. The van der Waals surface area contributed by atoms with Crippen molar-refractivity contribution < 1.29 is 0 Å². The van der Waals surface area contributed by atoms with Crippen LogP contribution >= 0.6 is 0 Å². The highest BCUT2D eigenvalue weighted by atomic mass is 15.3. The highest BCUT2D eigenvalue weighted by Gasteiger charge is 2.15. The summed E-state index contributed by atoms with van der Waals surface area (Å²) in [4.78, 5) is 0. The average molecular weight is 279 g/mol. The highest BCUT2D eigenvalue weighted by Crippen LogP contribution is 2.17. The second-order valence-corrected chi connectivity index (χ2v) is 6.87. The van der Waals surface area contributed by atoms with Crippen molar-refractivity contribution >= 4 is 0 Å². The van der Waals surface area contributed by atoms with Gasteiger partial charge >= 0.3 is 0 Å². The Morgan fingerprint density at radius 3 is 2.30 bits per heavy atom. The van der Waals surface area contributed by atoms with Gasteiger partial charge in [0.15, 0.2) is 0 Å². The third-order valence-electron chi connectivity index (χ3n) is 3.98. The summed E-state index contributed by atoms with van der Waals surface area (Å²) in [6.07, 6.45) is 6.73. The van der Waals surface area contributed by atoms with Crippen LogP contribution in [0.25, 0.3) is 0 Å². The molecule has 20 heavy (non-hydrogen) atoms. The SMILES string of the molecule is CCC(CNC(C)(C)C)Cc1ccn(C(CC)CC)n1. The van der Waals surface area contributed by atoms with Crippen LogP contribution in [0.1, 0.15) is 72.5 Å². The Morgan fingerprint density at radius 1 is 1.15 bits per heavy atom. The minimum Gasteiger partial charge on any atom is -0.312 e. The molecule has 1 heterocycles. The first-order chi connectivity index (χ1) is 9.39. The molecule has 0 aliphatic carbocycles. The lowest BCUT2D eigenvalue weighted by Crippen LogP contribution is -2.39. The molecule has 1 aromatic rings. The predicted octanol–water partition coefficient (Wildman–Crippen LogP) is 4.20. The van der Waals surface area contributed by atoms with E-state index in [0.717, 1.165) is 25.8 Å². The van der Waals surface area contributed by atoms with Crippen LogP contribution in [-0.4, -0.2) is 21.9 Å². The molecule has 0 radical (unpaired) electrons. The molecule has 1 aromatic heterocycles. The van der Waals surface area contributed by atoms with Crippen molar-refractivity contribution in [3.8, 4) is 0 Å². The molecule has 0 aliphatic rings. The fraction of sp³-hybridized carbons (Fsp3) is 0.824. The fourth-order valence-electron chi connectivity index (χ4n) is 2.46. The third-order valence-corrected chi connectivity index (χ3v) is 3.98. The quantitative estimate of drug-likeness (QED) is 0.773. The van der Waals surface area contributed by atoms with Crippen LogP contribution in [0.5, 0.6) is 0 Å². The smallest absolute Gasteiger partial charge is 0.0627 e. The predicted molar refractivity (Wildman–Crippen MR) is 87.1 cm³/mol. The minimum atomic E-state index is 0.197. The van der Waals surface area contributed by atoms with E-state index in [9.17, 15) is 0 Å². The summed E-state index contributed by atoms with van der Waals surface area (Å²) in [7, 11) is 0. The topological polar surface area (TPSA) is 29.9 Å². The molecule has 116 valence electrons. The Hall–Kier alpha value is -0.830. The molecular formula is C17H33N3. The lowest BCUT2D eigenvalue weighted by Gasteiger charge is -2.24. The van der Waals surface area contributed by atoms with Crippen LogP contribution in [0.15, 0.2) is 12.3 Å². The fourth-order valence-corrected chi connectivity index (χ4v) is 2.46. The Balaban J connectivity index is 2.57. The zero-order chi connectivity index (χ0) is 15.2. The lowest BCUT2D eigenvalue weighted by atomic mass is 9.98. The summed E-state index contributed by atoms with van der Waals surface area (Å²) in [5, 5.41) is 8.38. The van der Waals surface area contributed by atoms with Gasteiger partial charge in [-0.1, -0.05) is 27.2 Å². The summed E-state index contributed by atoms with van der Waals surface area (Å²) in [5.74, 6) is 0.666. The molecule has 0 amide bonds. The maximum Gasteiger partial charge on any atom is 0.0627 e. The van der Waals surface area contributed by atoms with Crippen LogP contribution in [-0.2, 0) is 6.42 Å². The van der Waals surface area contributed by atoms with Gasteiger partial charge in [-0.2, -0.15) is 5.10 Å². The molecule has 0 bridgehead atoms. The van der Waals surface area contributed by atoms with E-state index in [0.29, 0.717) is 12.0 Å². The average Bonchev–Trinajstić information content (AvgIpc) is 2.83. The van der Waals surface area contributed by atoms with Crippen molar-refractivity contribution in [1.29, 1.82) is 0 Å². The summed E-state index contributed by atoms with van der Waals surface area (Å²) in [6.45, 7) is 14.5. The van der Waals surface area contributed by atoms with E-state index < -0.39 is 0 Å². The van der Waals surface area contributed by atoms with Gasteiger partial charge in [0.1, 0.15) is 0 Å². The molecule has 0 fully saturated rings. The zero-order valence-corrected chi connectivity index (χ0v) is 14.2. The highest BCUT2D eigenvalue weighted by molar-refractivity contribution is 5.01. The van der Waals surface area contributed by atoms with Crippen molar-refractivity contribution in [3.05, 3.63) is 18.0 Å². The maximum absolute atomic E-state index is 4.77. The summed E-state index contributed by atoms with van der Waals surface area (Å²) in [6, 6.07) is 2.74. The van der Waals surface area contributed by atoms with Gasteiger partial charge in [-0.25, -0.2) is 0 Å². The van der Waals surface area contributed by atoms with E-state index in [2.05, 4.69) is 63.8 Å². The maximum atomic E-state index is 4.77. The first kappa shape index (κ1) is 17.2. The first-order valence-electron chi connectivity index (χ1n) is 8.18. The largest absolute Gasteiger partial charge is 0.312 e. The van der Waals surface area contributed by atoms with Crippen LogP contribution in [0.4, 0.5) is 0 Å². The van der Waals surface area contributed by atoms with Crippen molar-refractivity contribution in [2.75, 3.05) is 6.54 Å². The van der Waals surface area contributed by atoms with Crippen LogP contribution in [0.2, 0.25) is 0 Å². The van der Waals surface area contributed by atoms with E-state index >= 15 is 0 Å². The normalized spacial score (nSPS) is 13.9. The van der Waals surface area contributed by atoms with E-state index in [-0.39, 0.29) is 5.54 Å². The molecule has 3 heteroatoms. The Labute approximate surface area is 125 Å². The van der Waals surface area contributed by atoms with E-state index in [4.69, 9.17) is 5.10 Å². The third kappa shape index (κ3) is 5.66. The van der Waals surface area contributed by atoms with Gasteiger partial charge in [-0.05, 0) is 58.6 Å². The van der Waals surface area contributed by atoms with Gasteiger partial charge in [-0.15, -0.1) is 0 Å². The van der Waals surface area contributed by atoms with Gasteiger partial charge in [0.2, 0.25) is 0 Å². The van der Waals surface area contributed by atoms with Crippen LogP contribution < -0.4 is 5.32 Å². The van der Waals surface area contributed by atoms with Crippen molar-refractivity contribution in [2.24, 2.45) is 5.92 Å². The molecule has 0 saturated heterocycles. The number of aromatic nitrogens is 2. The molecule has 1 rings (SSSR count). The molecule has 0 aromatic carbocycles. The molecule has 0 saturated carbocycles. The van der Waals surface area contributed by atoms with Gasteiger partial charge in [-0.3, -0.25) is 4.68 Å². The van der Waals surface area contributed by atoms with Crippen LogP contribution in [0, 0.1) is 5.92 Å². The Morgan fingerprint density at radius 2 is 1.80 bits per heavy atom. The van der Waals surface area contributed by atoms with E-state index in [1.807, 2.05) is 0 Å². The van der Waals surface area contributed by atoms with Gasteiger partial charge in [0.05, 0.1) is 11.7 Å². The summed E-state index contributed by atoms with van der Waals surface area (Å²) < 4.78 is 2.15. The molecule has 0 aliphatic heterocycles. The number of hydrogen-bond donors (Lipinski definition) is 1. The molecule has 1 unspecified atom stereocenters. The second kappa shape index (κ2) is 7.82. The summed E-state index contributed by atoms with van der Waals surface area (Å²) in [5.41, 5.74) is 1.43. The van der Waals surface area contributed by atoms with Crippen molar-refractivity contribution in [2.45, 2.75) is 78.8 Å². The number of nitrogens with one attached hydrogen (secondary N) is 1. The molecule has 1 N–H and O–H groups in total. The van der Waals surface area contributed by atoms with Gasteiger partial charge < -0.3 is 5.32 Å². The van der Waals surface area contributed by atoms with Gasteiger partial charge in [0, 0.05) is 11.7 Å². The minimum absolute atomic E-state index is 0.197. The van der Waals surface area contributed by atoms with Crippen molar-refractivity contribution in [3.63, 3.8) is 0 Å². The Bertz CT molecular complexity index is 372. The van der Waals surface area contributed by atoms with Crippen molar-refractivity contribution in [1.82, 2.24) is 15.1 Å². The summed E-state index contributed by atoms with van der Waals surface area (Å²) >= 11 is 0. The monoisotopic (exact) mass is 279 g/mol. The number of rotatable bonds is 8. The number of hydrogen-bond acceptors (Lipinski definition) is 2. The number of nitrogens with zero attached hydrogens (tertiary/aromatic N) is 2. The lowest BCUT2D eigenvalue weighted by molar-refractivity contribution is 0.359. The zero-order valence-electron chi connectivity index (χ0n) is 14.2. The molecule has 0 spiro atoms. The molecule has 1 atom stereocenters. The van der Waals surface area contributed by atoms with Crippen LogP contribution in [0.3, 0.4) is 0 Å². The molecule has 3 nitrogen and oxygen atoms in total. The van der Waals surface area contributed by atoms with E-state index in [1.54, 1.807) is 0 Å². The standard InChI is InChI=1S/C17H33N3/c1-7-14(13-18-17(4,5)6)12-15-10-11-20(19-15)16(8-2)9-3/h10-11,14,16,18H,7-9,12-13H2,1-6H3. The second-order valence-electron chi connectivity index (χ2n) is 6.87. The van der Waals surface area contributed by atoms with Gasteiger partial charge in [0.25, 0.3) is 0 Å². The molecular weight excluding hydrogens is 246 g/mol.